The van der Waals surface area contributed by atoms with Crippen LogP contribution in [0, 0.1) is 0 Å². The van der Waals surface area contributed by atoms with E-state index >= 15 is 0 Å². The molecule has 20 heavy (non-hydrogen) atoms. The minimum atomic E-state index is -3.40. The normalized spacial score (nSPS) is 12.6. The standard InChI is InChI=1S/C13H15ClN2O3S/c1-13(2,20(3,17)18)11-10(12(15)16-19-11)8-5-4-6-9(14)7-8/h4-7H,1-3H3,(H2,15,16). The first-order chi connectivity index (χ1) is 9.14. The molecular weight excluding hydrogens is 300 g/mol. The van der Waals surface area contributed by atoms with Crippen LogP contribution in [0.15, 0.2) is 28.8 Å². The third-order valence-corrected chi connectivity index (χ3v) is 5.58. The van der Waals surface area contributed by atoms with Crippen molar-refractivity contribution in [1.29, 1.82) is 0 Å². The number of sulfone groups is 1. The van der Waals surface area contributed by atoms with Crippen LogP contribution in [0.4, 0.5) is 5.82 Å². The first kappa shape index (κ1) is 14.9. The highest BCUT2D eigenvalue weighted by Crippen LogP contribution is 2.40. The Bertz CT molecular complexity index is 751. The molecular formula is C13H15ClN2O3S. The molecule has 0 saturated carbocycles. The van der Waals surface area contributed by atoms with Gasteiger partial charge in [-0.15, -0.1) is 0 Å². The number of benzene rings is 1. The molecule has 0 saturated heterocycles. The first-order valence-electron chi connectivity index (χ1n) is 5.86. The van der Waals surface area contributed by atoms with Crippen LogP contribution in [0.1, 0.15) is 19.6 Å². The zero-order valence-electron chi connectivity index (χ0n) is 11.3. The number of rotatable bonds is 3. The molecule has 0 atom stereocenters. The molecule has 5 nitrogen and oxygen atoms in total. The predicted molar refractivity (Wildman–Crippen MR) is 79.2 cm³/mol. The van der Waals surface area contributed by atoms with Crippen LogP contribution in [0.2, 0.25) is 5.02 Å². The number of halogens is 1. The van der Waals surface area contributed by atoms with Gasteiger partial charge in [-0.05, 0) is 31.5 Å². The molecule has 1 aromatic heterocycles. The maximum atomic E-state index is 12.0. The highest BCUT2D eigenvalue weighted by atomic mass is 35.5. The summed E-state index contributed by atoms with van der Waals surface area (Å²) in [6, 6.07) is 6.93. The predicted octanol–water partition coefficient (Wildman–Crippen LogP) is 2.86. The lowest BCUT2D eigenvalue weighted by molar-refractivity contribution is 0.357. The zero-order chi connectivity index (χ0) is 15.1. The van der Waals surface area contributed by atoms with Gasteiger partial charge in [-0.2, -0.15) is 0 Å². The molecule has 0 aliphatic heterocycles. The van der Waals surface area contributed by atoms with Crippen molar-refractivity contribution < 1.29 is 12.9 Å². The van der Waals surface area contributed by atoms with Crippen molar-refractivity contribution in [3.8, 4) is 11.1 Å². The van der Waals surface area contributed by atoms with Crippen molar-refractivity contribution in [2.75, 3.05) is 12.0 Å². The van der Waals surface area contributed by atoms with E-state index in [0.717, 1.165) is 6.26 Å². The van der Waals surface area contributed by atoms with Gasteiger partial charge < -0.3 is 10.3 Å². The van der Waals surface area contributed by atoms with Crippen molar-refractivity contribution in [2.24, 2.45) is 0 Å². The Morgan fingerprint density at radius 2 is 2.00 bits per heavy atom. The summed E-state index contributed by atoms with van der Waals surface area (Å²) in [6.45, 7) is 3.10. The van der Waals surface area contributed by atoms with Crippen LogP contribution in [0.5, 0.6) is 0 Å². The molecule has 0 spiro atoms. The van der Waals surface area contributed by atoms with Gasteiger partial charge in [0.15, 0.2) is 21.4 Å². The van der Waals surface area contributed by atoms with Crippen LogP contribution in [0.25, 0.3) is 11.1 Å². The van der Waals surface area contributed by atoms with Gasteiger partial charge in [-0.1, -0.05) is 28.9 Å². The first-order valence-corrected chi connectivity index (χ1v) is 8.12. The van der Waals surface area contributed by atoms with Crippen LogP contribution in [0.3, 0.4) is 0 Å². The van der Waals surface area contributed by atoms with Gasteiger partial charge in [-0.25, -0.2) is 8.42 Å². The Morgan fingerprint density at radius 3 is 2.55 bits per heavy atom. The molecule has 0 radical (unpaired) electrons. The lowest BCUT2D eigenvalue weighted by Crippen LogP contribution is -2.28. The van der Waals surface area contributed by atoms with E-state index in [9.17, 15) is 8.42 Å². The van der Waals surface area contributed by atoms with Gasteiger partial charge in [0.25, 0.3) is 0 Å². The third-order valence-electron chi connectivity index (χ3n) is 3.31. The third kappa shape index (κ3) is 2.41. The Morgan fingerprint density at radius 1 is 1.35 bits per heavy atom. The number of nitrogen functional groups attached to an aromatic ring is 1. The number of aromatic nitrogens is 1. The van der Waals surface area contributed by atoms with E-state index < -0.39 is 14.6 Å². The second-order valence-electron chi connectivity index (χ2n) is 5.06. The van der Waals surface area contributed by atoms with E-state index in [4.69, 9.17) is 21.9 Å². The smallest absolute Gasteiger partial charge is 0.175 e. The number of hydrogen-bond donors (Lipinski definition) is 1. The Balaban J connectivity index is 2.71. The minimum Gasteiger partial charge on any atom is -0.380 e. The van der Waals surface area contributed by atoms with E-state index in [-0.39, 0.29) is 11.6 Å². The van der Waals surface area contributed by atoms with Crippen LogP contribution in [-0.2, 0) is 14.6 Å². The molecule has 2 N–H and O–H groups in total. The molecule has 7 heteroatoms. The molecule has 1 heterocycles. The second-order valence-corrected chi connectivity index (χ2v) is 8.07. The zero-order valence-corrected chi connectivity index (χ0v) is 12.9. The monoisotopic (exact) mass is 314 g/mol. The number of hydrogen-bond acceptors (Lipinski definition) is 5. The van der Waals surface area contributed by atoms with E-state index in [0.29, 0.717) is 16.1 Å². The Hall–Kier alpha value is -1.53. The molecule has 0 aliphatic carbocycles. The van der Waals surface area contributed by atoms with Gasteiger partial charge in [0.2, 0.25) is 0 Å². The quantitative estimate of drug-likeness (QED) is 0.941. The summed E-state index contributed by atoms with van der Waals surface area (Å²) >= 11 is 5.96. The summed E-state index contributed by atoms with van der Waals surface area (Å²) in [6.07, 6.45) is 1.15. The molecule has 0 amide bonds. The molecule has 0 fully saturated rings. The maximum absolute atomic E-state index is 12.0. The van der Waals surface area contributed by atoms with Crippen molar-refractivity contribution in [3.05, 3.63) is 35.0 Å². The number of nitrogens with two attached hydrogens (primary N) is 1. The van der Waals surface area contributed by atoms with Gasteiger partial charge in [0.05, 0.1) is 5.56 Å². The largest absolute Gasteiger partial charge is 0.380 e. The summed E-state index contributed by atoms with van der Waals surface area (Å²) in [5.74, 6) is 0.346. The Labute approximate surface area is 122 Å². The van der Waals surface area contributed by atoms with Gasteiger partial charge in [0, 0.05) is 11.3 Å². The molecule has 0 unspecified atom stereocenters. The molecule has 2 rings (SSSR count). The summed E-state index contributed by atoms with van der Waals surface area (Å²) in [7, 11) is -3.40. The fraction of sp³-hybridized carbons (Fsp3) is 0.308. The van der Waals surface area contributed by atoms with Crippen molar-refractivity contribution in [1.82, 2.24) is 5.16 Å². The summed E-state index contributed by atoms with van der Waals surface area (Å²) < 4.78 is 27.9. The van der Waals surface area contributed by atoms with E-state index in [1.807, 2.05) is 0 Å². The summed E-state index contributed by atoms with van der Waals surface area (Å²) in [4.78, 5) is 0. The van der Waals surface area contributed by atoms with Crippen molar-refractivity contribution >= 4 is 27.3 Å². The van der Waals surface area contributed by atoms with Crippen molar-refractivity contribution in [2.45, 2.75) is 18.6 Å². The maximum Gasteiger partial charge on any atom is 0.175 e. The molecule has 108 valence electrons. The van der Waals surface area contributed by atoms with E-state index in [1.165, 1.54) is 0 Å². The fourth-order valence-electron chi connectivity index (χ4n) is 1.80. The number of anilines is 1. The highest BCUT2D eigenvalue weighted by Gasteiger charge is 2.39. The number of nitrogens with zero attached hydrogens (tertiary/aromatic N) is 1. The minimum absolute atomic E-state index is 0.138. The molecule has 1 aromatic carbocycles. The second kappa shape index (κ2) is 4.79. The van der Waals surface area contributed by atoms with Crippen molar-refractivity contribution in [3.63, 3.8) is 0 Å². The highest BCUT2D eigenvalue weighted by molar-refractivity contribution is 7.91. The fourth-order valence-corrected chi connectivity index (χ4v) is 2.47. The lowest BCUT2D eigenvalue weighted by atomic mass is 9.99. The molecule has 0 bridgehead atoms. The summed E-state index contributed by atoms with van der Waals surface area (Å²) in [5.41, 5.74) is 6.95. The van der Waals surface area contributed by atoms with E-state index in [2.05, 4.69) is 5.16 Å². The molecule has 2 aromatic rings. The topological polar surface area (TPSA) is 86.2 Å². The van der Waals surface area contributed by atoms with Crippen LogP contribution in [-0.4, -0.2) is 19.8 Å². The molecule has 0 aliphatic rings. The average molecular weight is 315 g/mol. The van der Waals surface area contributed by atoms with Gasteiger partial charge in [-0.3, -0.25) is 0 Å². The van der Waals surface area contributed by atoms with Crippen LogP contribution >= 0.6 is 11.6 Å². The van der Waals surface area contributed by atoms with E-state index in [1.54, 1.807) is 38.1 Å². The van der Waals surface area contributed by atoms with Gasteiger partial charge in [0.1, 0.15) is 4.75 Å². The SMILES string of the molecule is CC(C)(c1onc(N)c1-c1cccc(Cl)c1)S(C)(=O)=O. The summed E-state index contributed by atoms with van der Waals surface area (Å²) in [5, 5.41) is 4.22. The Kier molecular flexibility index (Phi) is 3.56. The van der Waals surface area contributed by atoms with Gasteiger partial charge >= 0.3 is 0 Å². The lowest BCUT2D eigenvalue weighted by Gasteiger charge is -2.20. The average Bonchev–Trinajstić information content (AvgIpc) is 2.70. The van der Waals surface area contributed by atoms with Crippen LogP contribution < -0.4 is 5.73 Å².